The van der Waals surface area contributed by atoms with Crippen LogP contribution in [0.4, 0.5) is 18.9 Å². The molecule has 0 atom stereocenters. The van der Waals surface area contributed by atoms with E-state index in [4.69, 9.17) is 5.73 Å². The molecule has 0 bridgehead atoms. The third-order valence-corrected chi connectivity index (χ3v) is 4.42. The van der Waals surface area contributed by atoms with Crippen LogP contribution in [0.2, 0.25) is 0 Å². The molecule has 0 unspecified atom stereocenters. The van der Waals surface area contributed by atoms with Crippen molar-refractivity contribution in [1.29, 1.82) is 0 Å². The third kappa shape index (κ3) is 5.35. The van der Waals surface area contributed by atoms with E-state index in [0.717, 1.165) is 12.8 Å². The number of carbonyl (C=O) groups excluding carboxylic acids is 2. The largest absolute Gasteiger partial charge is 0.471 e. The van der Waals surface area contributed by atoms with Gasteiger partial charge < -0.3 is 16.0 Å². The lowest BCUT2D eigenvalue weighted by Crippen LogP contribution is -2.48. The molecule has 9 heteroatoms. The summed E-state index contributed by atoms with van der Waals surface area (Å²) in [6.07, 6.45) is -1.88. The second kappa shape index (κ2) is 8.73. The Labute approximate surface area is 156 Å². The van der Waals surface area contributed by atoms with E-state index in [2.05, 4.69) is 5.32 Å². The number of halogens is 4. The molecule has 146 valence electrons. The topological polar surface area (TPSA) is 75.4 Å². The minimum atomic E-state index is -4.91. The Morgan fingerprint density at radius 2 is 1.88 bits per heavy atom. The zero-order valence-corrected chi connectivity index (χ0v) is 15.3. The molecule has 0 radical (unpaired) electrons. The van der Waals surface area contributed by atoms with Gasteiger partial charge in [0.2, 0.25) is 5.91 Å². The lowest BCUT2D eigenvalue weighted by atomic mass is 9.98. The SMILES string of the molecule is CCN(Cc1cccc(NC(=O)C2(N)CCCC2)c1)C(=O)C(F)(F)F.Cl. The maximum atomic E-state index is 12.6. The van der Waals surface area contributed by atoms with Gasteiger partial charge in [-0.3, -0.25) is 9.59 Å². The molecule has 0 aliphatic heterocycles. The molecule has 1 aliphatic carbocycles. The highest BCUT2D eigenvalue weighted by Gasteiger charge is 2.42. The Balaban J connectivity index is 0.00000338. The van der Waals surface area contributed by atoms with Crippen molar-refractivity contribution in [1.82, 2.24) is 4.90 Å². The van der Waals surface area contributed by atoms with E-state index in [1.54, 1.807) is 24.3 Å². The van der Waals surface area contributed by atoms with Crippen LogP contribution in [0.25, 0.3) is 0 Å². The number of benzene rings is 1. The van der Waals surface area contributed by atoms with E-state index in [0.29, 0.717) is 29.0 Å². The van der Waals surface area contributed by atoms with Crippen molar-refractivity contribution in [2.45, 2.75) is 50.9 Å². The molecule has 26 heavy (non-hydrogen) atoms. The van der Waals surface area contributed by atoms with E-state index in [9.17, 15) is 22.8 Å². The van der Waals surface area contributed by atoms with Crippen molar-refractivity contribution < 1.29 is 22.8 Å². The maximum absolute atomic E-state index is 12.6. The number of anilines is 1. The summed E-state index contributed by atoms with van der Waals surface area (Å²) in [5.41, 5.74) is 6.15. The molecule has 1 aromatic carbocycles. The number of carbonyl (C=O) groups is 2. The van der Waals surface area contributed by atoms with Crippen LogP contribution in [0, 0.1) is 0 Å². The van der Waals surface area contributed by atoms with Crippen LogP contribution >= 0.6 is 12.4 Å². The van der Waals surface area contributed by atoms with Gasteiger partial charge in [-0.1, -0.05) is 25.0 Å². The molecular weight excluding hydrogens is 371 g/mol. The number of hydrogen-bond acceptors (Lipinski definition) is 3. The minimum absolute atomic E-state index is 0. The summed E-state index contributed by atoms with van der Waals surface area (Å²) < 4.78 is 37.8. The molecule has 0 saturated heterocycles. The highest BCUT2D eigenvalue weighted by Crippen LogP contribution is 2.28. The van der Waals surface area contributed by atoms with Crippen LogP contribution in [0.15, 0.2) is 24.3 Å². The Morgan fingerprint density at radius 3 is 2.42 bits per heavy atom. The Hall–Kier alpha value is -1.80. The molecule has 5 nitrogen and oxygen atoms in total. The Morgan fingerprint density at radius 1 is 1.27 bits per heavy atom. The summed E-state index contributed by atoms with van der Waals surface area (Å²) in [6, 6.07) is 6.43. The van der Waals surface area contributed by atoms with Crippen molar-refractivity contribution in [2.75, 3.05) is 11.9 Å². The number of rotatable bonds is 5. The second-order valence-electron chi connectivity index (χ2n) is 6.33. The average molecular weight is 394 g/mol. The molecule has 0 spiro atoms. The number of hydrogen-bond donors (Lipinski definition) is 2. The fraction of sp³-hybridized carbons (Fsp3) is 0.529. The molecule has 2 rings (SSSR count). The van der Waals surface area contributed by atoms with Crippen LogP contribution < -0.4 is 11.1 Å². The van der Waals surface area contributed by atoms with Crippen LogP contribution in [0.1, 0.15) is 38.2 Å². The molecule has 3 N–H and O–H groups in total. The first kappa shape index (κ1) is 22.2. The molecular formula is C17H23ClF3N3O2. The van der Waals surface area contributed by atoms with Gasteiger partial charge in [0.1, 0.15) is 0 Å². The first-order valence-electron chi connectivity index (χ1n) is 8.21. The van der Waals surface area contributed by atoms with Crippen LogP contribution in [0.3, 0.4) is 0 Å². The van der Waals surface area contributed by atoms with Gasteiger partial charge in [0.05, 0.1) is 5.54 Å². The van der Waals surface area contributed by atoms with Gasteiger partial charge in [-0.25, -0.2) is 0 Å². The standard InChI is InChI=1S/C17H22F3N3O2.ClH/c1-2-23(15(25)17(18,19)20)11-12-6-5-7-13(10-12)22-14(24)16(21)8-3-4-9-16;/h5-7,10H,2-4,8-9,11,21H2,1H3,(H,22,24);1H. The average Bonchev–Trinajstić information content (AvgIpc) is 2.99. The summed E-state index contributed by atoms with van der Waals surface area (Å²) in [5.74, 6) is -2.17. The minimum Gasteiger partial charge on any atom is -0.331 e. The first-order valence-corrected chi connectivity index (χ1v) is 8.21. The van der Waals surface area contributed by atoms with Gasteiger partial charge in [0.25, 0.3) is 0 Å². The lowest BCUT2D eigenvalue weighted by molar-refractivity contribution is -0.185. The van der Waals surface area contributed by atoms with Gasteiger partial charge in [-0.2, -0.15) is 13.2 Å². The van der Waals surface area contributed by atoms with Crippen molar-refractivity contribution in [3.63, 3.8) is 0 Å². The normalized spacial score (nSPS) is 15.9. The van der Waals surface area contributed by atoms with Crippen LogP contribution in [0.5, 0.6) is 0 Å². The summed E-state index contributed by atoms with van der Waals surface area (Å²) in [7, 11) is 0. The van der Waals surface area contributed by atoms with Gasteiger partial charge >= 0.3 is 12.1 Å². The fourth-order valence-electron chi connectivity index (χ4n) is 2.96. The second-order valence-corrected chi connectivity index (χ2v) is 6.33. The maximum Gasteiger partial charge on any atom is 0.471 e. The zero-order chi connectivity index (χ0) is 18.7. The highest BCUT2D eigenvalue weighted by atomic mass is 35.5. The van der Waals surface area contributed by atoms with Gasteiger partial charge in [-0.05, 0) is 37.5 Å². The van der Waals surface area contributed by atoms with Crippen molar-refractivity contribution in [3.8, 4) is 0 Å². The van der Waals surface area contributed by atoms with Crippen molar-refractivity contribution in [2.24, 2.45) is 5.73 Å². The Bertz CT molecular complexity index is 646. The third-order valence-electron chi connectivity index (χ3n) is 4.42. The molecule has 1 aromatic rings. The summed E-state index contributed by atoms with van der Waals surface area (Å²) >= 11 is 0. The zero-order valence-electron chi connectivity index (χ0n) is 14.4. The van der Waals surface area contributed by atoms with Crippen molar-refractivity contribution in [3.05, 3.63) is 29.8 Å². The van der Waals surface area contributed by atoms with Gasteiger partial charge in [0.15, 0.2) is 0 Å². The van der Waals surface area contributed by atoms with Crippen molar-refractivity contribution >= 4 is 29.9 Å². The molecule has 1 fully saturated rings. The van der Waals surface area contributed by atoms with E-state index in [1.807, 2.05) is 0 Å². The monoisotopic (exact) mass is 393 g/mol. The lowest BCUT2D eigenvalue weighted by Gasteiger charge is -2.24. The summed E-state index contributed by atoms with van der Waals surface area (Å²) in [4.78, 5) is 24.4. The fourth-order valence-corrected chi connectivity index (χ4v) is 2.96. The van der Waals surface area contributed by atoms with Crippen LogP contribution in [-0.4, -0.2) is 35.0 Å². The summed E-state index contributed by atoms with van der Waals surface area (Å²) in [6.45, 7) is 1.22. The predicted molar refractivity (Wildman–Crippen MR) is 94.9 cm³/mol. The van der Waals surface area contributed by atoms with E-state index in [-0.39, 0.29) is 31.4 Å². The molecule has 0 heterocycles. The summed E-state index contributed by atoms with van der Waals surface area (Å²) in [5, 5.41) is 2.73. The van der Waals surface area contributed by atoms with Gasteiger partial charge in [0, 0.05) is 18.8 Å². The number of alkyl halides is 3. The number of nitrogens with two attached hydrogens (primary N) is 1. The first-order chi connectivity index (χ1) is 11.7. The smallest absolute Gasteiger partial charge is 0.331 e. The highest BCUT2D eigenvalue weighted by molar-refractivity contribution is 5.98. The van der Waals surface area contributed by atoms with Gasteiger partial charge in [-0.15, -0.1) is 12.4 Å². The number of nitrogens with one attached hydrogen (secondary N) is 1. The molecule has 1 aliphatic rings. The quantitative estimate of drug-likeness (QED) is 0.806. The number of amides is 2. The molecule has 1 saturated carbocycles. The number of nitrogens with zero attached hydrogens (tertiary/aromatic N) is 1. The van der Waals surface area contributed by atoms with E-state index >= 15 is 0 Å². The molecule has 2 amide bonds. The van der Waals surface area contributed by atoms with Crippen LogP contribution in [-0.2, 0) is 16.1 Å². The van der Waals surface area contributed by atoms with E-state index in [1.165, 1.54) is 6.92 Å². The van der Waals surface area contributed by atoms with E-state index < -0.39 is 17.6 Å². The Kier molecular flexibility index (Phi) is 7.46. The predicted octanol–water partition coefficient (Wildman–Crippen LogP) is 3.23. The molecule has 0 aromatic heterocycles.